The first-order chi connectivity index (χ1) is 10.1. The van der Waals surface area contributed by atoms with E-state index in [1.807, 2.05) is 6.07 Å². The highest BCUT2D eigenvalue weighted by atomic mass is 35.5. The third-order valence-electron chi connectivity index (χ3n) is 2.54. The molecule has 0 aliphatic heterocycles. The van der Waals surface area contributed by atoms with Gasteiger partial charge in [-0.3, -0.25) is 0 Å². The lowest BCUT2D eigenvalue weighted by atomic mass is 10.2. The molecule has 2 aromatic carbocycles. The quantitative estimate of drug-likeness (QED) is 0.720. The molecule has 0 heterocycles. The van der Waals surface area contributed by atoms with Crippen molar-refractivity contribution in [3.8, 4) is 17.6 Å². The highest BCUT2D eigenvalue weighted by Crippen LogP contribution is 2.35. The molecule has 0 radical (unpaired) electrons. The minimum Gasteiger partial charge on any atom is -0.490 e. The van der Waals surface area contributed by atoms with Crippen LogP contribution >= 0.6 is 34.8 Å². The molecule has 2 aromatic rings. The summed E-state index contributed by atoms with van der Waals surface area (Å²) in [6, 6.07) is 12.0. The highest BCUT2D eigenvalue weighted by Gasteiger charge is 2.09. The Morgan fingerprint density at radius 3 is 2.05 bits per heavy atom. The average molecular weight is 343 g/mol. The predicted octanol–water partition coefficient (Wildman–Crippen LogP) is 4.98. The molecule has 0 aliphatic carbocycles. The van der Waals surface area contributed by atoms with E-state index in [2.05, 4.69) is 0 Å². The molecule has 3 nitrogen and oxygen atoms in total. The van der Waals surface area contributed by atoms with Gasteiger partial charge < -0.3 is 9.47 Å². The maximum Gasteiger partial charge on any atom is 0.156 e. The largest absolute Gasteiger partial charge is 0.490 e. The van der Waals surface area contributed by atoms with E-state index in [1.165, 1.54) is 0 Å². The van der Waals surface area contributed by atoms with Gasteiger partial charge in [-0.05, 0) is 36.4 Å². The lowest BCUT2D eigenvalue weighted by Gasteiger charge is -2.11. The van der Waals surface area contributed by atoms with Gasteiger partial charge in [-0.15, -0.1) is 0 Å². The van der Waals surface area contributed by atoms with E-state index in [1.54, 1.807) is 36.4 Å². The van der Waals surface area contributed by atoms with E-state index in [0.29, 0.717) is 38.7 Å². The van der Waals surface area contributed by atoms with Gasteiger partial charge in [-0.1, -0.05) is 34.8 Å². The van der Waals surface area contributed by atoms with Crippen LogP contribution in [0.2, 0.25) is 15.1 Å². The molecule has 0 bridgehead atoms. The second kappa shape index (κ2) is 7.42. The minimum atomic E-state index is 0.279. The summed E-state index contributed by atoms with van der Waals surface area (Å²) in [6.45, 7) is 0.599. The number of benzene rings is 2. The van der Waals surface area contributed by atoms with Crippen LogP contribution in [0.25, 0.3) is 0 Å². The molecule has 108 valence electrons. The van der Waals surface area contributed by atoms with Crippen molar-refractivity contribution >= 4 is 34.8 Å². The van der Waals surface area contributed by atoms with Gasteiger partial charge >= 0.3 is 0 Å². The van der Waals surface area contributed by atoms with E-state index in [4.69, 9.17) is 49.5 Å². The summed E-state index contributed by atoms with van der Waals surface area (Å²) >= 11 is 17.8. The summed E-state index contributed by atoms with van der Waals surface area (Å²) in [4.78, 5) is 0. The van der Waals surface area contributed by atoms with Crippen molar-refractivity contribution in [2.75, 3.05) is 13.2 Å². The summed E-state index contributed by atoms with van der Waals surface area (Å²) in [7, 11) is 0. The van der Waals surface area contributed by atoms with E-state index >= 15 is 0 Å². The second-order valence-electron chi connectivity index (χ2n) is 4.03. The van der Waals surface area contributed by atoms with Gasteiger partial charge in [0, 0.05) is 5.02 Å². The highest BCUT2D eigenvalue weighted by molar-refractivity contribution is 6.40. The SMILES string of the molecule is N#Cc1ccc(OCCOc2c(Cl)cc(Cl)cc2Cl)cc1. The van der Waals surface area contributed by atoms with Crippen molar-refractivity contribution in [1.29, 1.82) is 5.26 Å². The zero-order valence-corrected chi connectivity index (χ0v) is 13.0. The fourth-order valence-electron chi connectivity index (χ4n) is 1.60. The number of hydrogen-bond acceptors (Lipinski definition) is 3. The number of halogens is 3. The molecule has 0 unspecified atom stereocenters. The van der Waals surface area contributed by atoms with Crippen LogP contribution in [-0.4, -0.2) is 13.2 Å². The smallest absolute Gasteiger partial charge is 0.156 e. The molecule has 0 atom stereocenters. The first kappa shape index (κ1) is 15.8. The summed E-state index contributed by atoms with van der Waals surface area (Å²) in [5, 5.41) is 9.85. The molecule has 0 saturated carbocycles. The van der Waals surface area contributed by atoms with Crippen LogP contribution in [0.1, 0.15) is 5.56 Å². The Kier molecular flexibility index (Phi) is 5.58. The Hall–Kier alpha value is -1.60. The molecule has 2 rings (SSSR count). The third kappa shape index (κ3) is 4.44. The number of nitrogens with zero attached hydrogens (tertiary/aromatic N) is 1. The van der Waals surface area contributed by atoms with Crippen LogP contribution < -0.4 is 9.47 Å². The molecule has 0 fully saturated rings. The van der Waals surface area contributed by atoms with Crippen molar-refractivity contribution in [2.45, 2.75) is 0 Å². The average Bonchev–Trinajstić information content (AvgIpc) is 2.46. The van der Waals surface area contributed by atoms with Crippen LogP contribution in [0, 0.1) is 11.3 Å². The second-order valence-corrected chi connectivity index (χ2v) is 5.28. The van der Waals surface area contributed by atoms with Gasteiger partial charge in [-0.25, -0.2) is 0 Å². The number of ether oxygens (including phenoxy) is 2. The predicted molar refractivity (Wildman–Crippen MR) is 83.6 cm³/mol. The topological polar surface area (TPSA) is 42.2 Å². The van der Waals surface area contributed by atoms with Crippen molar-refractivity contribution in [3.05, 3.63) is 57.0 Å². The zero-order chi connectivity index (χ0) is 15.2. The molecule has 0 amide bonds. The fraction of sp³-hybridized carbons (Fsp3) is 0.133. The molecule has 0 spiro atoms. The molecular formula is C15H10Cl3NO2. The fourth-order valence-corrected chi connectivity index (χ4v) is 2.52. The molecule has 0 aromatic heterocycles. The van der Waals surface area contributed by atoms with Crippen LogP contribution in [0.15, 0.2) is 36.4 Å². The summed E-state index contributed by atoms with van der Waals surface area (Å²) in [5.74, 6) is 1.04. The van der Waals surface area contributed by atoms with Crippen molar-refractivity contribution in [3.63, 3.8) is 0 Å². The Morgan fingerprint density at radius 1 is 0.905 bits per heavy atom. The number of rotatable bonds is 5. The van der Waals surface area contributed by atoms with Gasteiger partial charge in [0.05, 0.1) is 21.7 Å². The van der Waals surface area contributed by atoms with Gasteiger partial charge in [0.25, 0.3) is 0 Å². The summed E-state index contributed by atoms with van der Waals surface area (Å²) in [5.41, 5.74) is 0.582. The van der Waals surface area contributed by atoms with Crippen LogP contribution in [0.5, 0.6) is 11.5 Å². The van der Waals surface area contributed by atoms with Gasteiger partial charge in [0.15, 0.2) is 5.75 Å². The number of nitriles is 1. The van der Waals surface area contributed by atoms with E-state index in [0.717, 1.165) is 0 Å². The van der Waals surface area contributed by atoms with E-state index in [9.17, 15) is 0 Å². The first-order valence-corrected chi connectivity index (χ1v) is 7.14. The lowest BCUT2D eigenvalue weighted by molar-refractivity contribution is 0.217. The number of hydrogen-bond donors (Lipinski definition) is 0. The standard InChI is InChI=1S/C15H10Cl3NO2/c16-11-7-13(17)15(14(18)8-11)21-6-5-20-12-3-1-10(9-19)2-4-12/h1-4,7-8H,5-6H2. The maximum atomic E-state index is 8.69. The lowest BCUT2D eigenvalue weighted by Crippen LogP contribution is -2.09. The van der Waals surface area contributed by atoms with Gasteiger partial charge in [-0.2, -0.15) is 5.26 Å². The Morgan fingerprint density at radius 2 is 1.48 bits per heavy atom. The molecular weight excluding hydrogens is 333 g/mol. The van der Waals surface area contributed by atoms with Crippen molar-refractivity contribution < 1.29 is 9.47 Å². The Labute approximate surface area is 137 Å². The van der Waals surface area contributed by atoms with Crippen LogP contribution in [-0.2, 0) is 0 Å². The van der Waals surface area contributed by atoms with Crippen LogP contribution in [0.3, 0.4) is 0 Å². The molecule has 6 heteroatoms. The normalized spacial score (nSPS) is 10.0. The zero-order valence-electron chi connectivity index (χ0n) is 10.8. The third-order valence-corrected chi connectivity index (χ3v) is 3.32. The first-order valence-electron chi connectivity index (χ1n) is 6.00. The van der Waals surface area contributed by atoms with Gasteiger partial charge in [0.1, 0.15) is 19.0 Å². The Bertz CT molecular complexity index is 643. The van der Waals surface area contributed by atoms with Crippen molar-refractivity contribution in [2.24, 2.45) is 0 Å². The minimum absolute atomic E-state index is 0.279. The van der Waals surface area contributed by atoms with Crippen LogP contribution in [0.4, 0.5) is 0 Å². The van der Waals surface area contributed by atoms with E-state index in [-0.39, 0.29) is 6.61 Å². The molecule has 21 heavy (non-hydrogen) atoms. The van der Waals surface area contributed by atoms with E-state index < -0.39 is 0 Å². The summed E-state index contributed by atoms with van der Waals surface area (Å²) in [6.07, 6.45) is 0. The Balaban J connectivity index is 1.86. The molecule has 0 aliphatic rings. The molecule has 0 saturated heterocycles. The molecule has 0 N–H and O–H groups in total. The summed E-state index contributed by atoms with van der Waals surface area (Å²) < 4.78 is 11.0. The monoisotopic (exact) mass is 341 g/mol. The maximum absolute atomic E-state index is 8.69. The van der Waals surface area contributed by atoms with Crippen molar-refractivity contribution in [1.82, 2.24) is 0 Å². The van der Waals surface area contributed by atoms with Gasteiger partial charge in [0.2, 0.25) is 0 Å².